The number of rotatable bonds is 5. The summed E-state index contributed by atoms with van der Waals surface area (Å²) in [6.45, 7) is 1.20. The van der Waals surface area contributed by atoms with Gasteiger partial charge in [0.2, 0.25) is 0 Å². The Kier molecular flexibility index (Phi) is 6.03. The van der Waals surface area contributed by atoms with Crippen molar-refractivity contribution in [2.75, 3.05) is 23.3 Å². The molecule has 3 aromatic rings. The summed E-state index contributed by atoms with van der Waals surface area (Å²) in [5.41, 5.74) is 1.72. The predicted octanol–water partition coefficient (Wildman–Crippen LogP) is 3.87. The summed E-state index contributed by atoms with van der Waals surface area (Å²) < 4.78 is 34.3. The second-order valence-corrected chi connectivity index (χ2v) is 7.54. The lowest BCUT2D eigenvalue weighted by Gasteiger charge is -2.34. The van der Waals surface area contributed by atoms with Gasteiger partial charge >= 0.3 is 0 Å². The zero-order chi connectivity index (χ0) is 22.7. The molecule has 1 N–H and O–H groups in total. The molecular formula is C23H21F2N5O2. The first-order chi connectivity index (χ1) is 15.4. The number of anilines is 2. The van der Waals surface area contributed by atoms with Crippen molar-refractivity contribution in [3.05, 3.63) is 71.8 Å². The van der Waals surface area contributed by atoms with Gasteiger partial charge in [0.1, 0.15) is 11.9 Å². The molecule has 1 amide bonds. The Bertz CT molecular complexity index is 1180. The van der Waals surface area contributed by atoms with E-state index < -0.39 is 11.6 Å². The topological polar surface area (TPSA) is 83.2 Å². The lowest BCUT2D eigenvalue weighted by molar-refractivity contribution is 0.101. The first-order valence-corrected chi connectivity index (χ1v) is 10.1. The summed E-state index contributed by atoms with van der Waals surface area (Å²) in [4.78, 5) is 18.8. The molecule has 0 saturated carbocycles. The molecule has 0 atom stereocenters. The fourth-order valence-corrected chi connectivity index (χ4v) is 3.71. The highest BCUT2D eigenvalue weighted by Gasteiger charge is 2.24. The van der Waals surface area contributed by atoms with Crippen LogP contribution in [0.3, 0.4) is 0 Å². The number of aromatic nitrogens is 2. The molecule has 0 unspecified atom stereocenters. The number of amides is 1. The van der Waals surface area contributed by atoms with E-state index in [0.29, 0.717) is 37.2 Å². The van der Waals surface area contributed by atoms with Crippen molar-refractivity contribution in [2.24, 2.45) is 7.05 Å². The smallest absolute Gasteiger partial charge is 0.291 e. The highest BCUT2D eigenvalue weighted by Crippen LogP contribution is 2.31. The number of nitrogens with one attached hydrogen (secondary N) is 1. The number of piperidine rings is 1. The van der Waals surface area contributed by atoms with Crippen LogP contribution >= 0.6 is 0 Å². The Hall–Kier alpha value is -3.93. The molecule has 1 aliphatic heterocycles. The molecule has 0 aliphatic carbocycles. The Morgan fingerprint density at radius 2 is 2.00 bits per heavy atom. The Labute approximate surface area is 183 Å². The van der Waals surface area contributed by atoms with Crippen molar-refractivity contribution in [3.8, 4) is 11.8 Å². The average Bonchev–Trinajstić information content (AvgIpc) is 3.22. The summed E-state index contributed by atoms with van der Waals surface area (Å²) in [6.07, 6.45) is 4.23. The van der Waals surface area contributed by atoms with Crippen molar-refractivity contribution in [3.63, 3.8) is 0 Å². The van der Waals surface area contributed by atoms with Gasteiger partial charge in [-0.3, -0.25) is 4.79 Å². The van der Waals surface area contributed by atoms with Gasteiger partial charge in [-0.15, -0.1) is 0 Å². The fourth-order valence-electron chi connectivity index (χ4n) is 3.71. The molecule has 1 saturated heterocycles. The van der Waals surface area contributed by atoms with Gasteiger partial charge in [-0.1, -0.05) is 0 Å². The van der Waals surface area contributed by atoms with E-state index in [1.165, 1.54) is 18.3 Å². The van der Waals surface area contributed by atoms with E-state index in [2.05, 4.69) is 21.3 Å². The van der Waals surface area contributed by atoms with Crippen LogP contribution in [0.1, 0.15) is 29.0 Å². The van der Waals surface area contributed by atoms with Gasteiger partial charge in [0.15, 0.2) is 17.4 Å². The summed E-state index contributed by atoms with van der Waals surface area (Å²) >= 11 is 0. The largest absolute Gasteiger partial charge is 0.487 e. The van der Waals surface area contributed by atoms with Gasteiger partial charge in [-0.25, -0.2) is 13.8 Å². The monoisotopic (exact) mass is 437 g/mol. The first-order valence-electron chi connectivity index (χ1n) is 10.1. The Morgan fingerprint density at radius 1 is 1.22 bits per heavy atom. The highest BCUT2D eigenvalue weighted by molar-refractivity contribution is 6.03. The normalized spacial score (nSPS) is 14.1. The van der Waals surface area contributed by atoms with E-state index in [1.54, 1.807) is 36.0 Å². The molecule has 9 heteroatoms. The SMILES string of the molecule is Cn1ccnc1C(=O)Nc1cc(C#N)ccc1N1CCC(Oc2ccc(F)cc2F)CC1. The summed E-state index contributed by atoms with van der Waals surface area (Å²) in [5, 5.41) is 12.1. The Balaban J connectivity index is 1.47. The molecule has 0 spiro atoms. The van der Waals surface area contributed by atoms with E-state index in [4.69, 9.17) is 4.74 Å². The number of carbonyl (C=O) groups is 1. The van der Waals surface area contributed by atoms with Crippen LogP contribution in [0, 0.1) is 23.0 Å². The van der Waals surface area contributed by atoms with Gasteiger partial charge in [0.25, 0.3) is 5.91 Å². The third-order valence-electron chi connectivity index (χ3n) is 5.37. The van der Waals surface area contributed by atoms with Crippen LogP contribution in [0.25, 0.3) is 0 Å². The van der Waals surface area contributed by atoms with Gasteiger partial charge in [0.05, 0.1) is 23.0 Å². The minimum absolute atomic E-state index is 0.0336. The maximum Gasteiger partial charge on any atom is 0.291 e. The molecular weight excluding hydrogens is 416 g/mol. The van der Waals surface area contributed by atoms with Crippen LogP contribution in [0.5, 0.6) is 5.75 Å². The van der Waals surface area contributed by atoms with E-state index in [9.17, 15) is 18.8 Å². The molecule has 7 nitrogen and oxygen atoms in total. The zero-order valence-electron chi connectivity index (χ0n) is 17.4. The number of nitriles is 1. The van der Waals surface area contributed by atoms with Crippen molar-refractivity contribution < 1.29 is 18.3 Å². The number of halogens is 2. The molecule has 0 radical (unpaired) electrons. The van der Waals surface area contributed by atoms with Crippen LogP contribution in [-0.4, -0.2) is 34.7 Å². The molecule has 1 aliphatic rings. The van der Waals surface area contributed by atoms with E-state index in [0.717, 1.165) is 11.8 Å². The highest BCUT2D eigenvalue weighted by atomic mass is 19.1. The minimum Gasteiger partial charge on any atom is -0.487 e. The van der Waals surface area contributed by atoms with Crippen molar-refractivity contribution >= 4 is 17.3 Å². The van der Waals surface area contributed by atoms with Crippen LogP contribution in [0.2, 0.25) is 0 Å². The maximum atomic E-state index is 13.9. The lowest BCUT2D eigenvalue weighted by Crippen LogP contribution is -2.38. The van der Waals surface area contributed by atoms with E-state index in [1.807, 2.05) is 0 Å². The average molecular weight is 437 g/mol. The van der Waals surface area contributed by atoms with Crippen LogP contribution in [0.15, 0.2) is 48.8 Å². The minimum atomic E-state index is -0.723. The molecule has 32 heavy (non-hydrogen) atoms. The maximum absolute atomic E-state index is 13.9. The van der Waals surface area contributed by atoms with Gasteiger partial charge in [0, 0.05) is 51.4 Å². The van der Waals surface area contributed by atoms with Crippen LogP contribution < -0.4 is 15.0 Å². The summed E-state index contributed by atoms with van der Waals surface area (Å²) in [5.74, 6) is -1.46. The first kappa shape index (κ1) is 21.3. The number of carbonyl (C=O) groups excluding carboxylic acids is 1. The van der Waals surface area contributed by atoms with Crippen LogP contribution in [0.4, 0.5) is 20.2 Å². The third kappa shape index (κ3) is 4.54. The third-order valence-corrected chi connectivity index (χ3v) is 5.37. The number of hydrogen-bond donors (Lipinski definition) is 1. The number of ether oxygens (including phenoxy) is 1. The lowest BCUT2D eigenvalue weighted by atomic mass is 10.1. The summed E-state index contributed by atoms with van der Waals surface area (Å²) in [7, 11) is 1.73. The molecule has 0 bridgehead atoms. The van der Waals surface area contributed by atoms with Gasteiger partial charge in [-0.05, 0) is 30.3 Å². The van der Waals surface area contributed by atoms with E-state index >= 15 is 0 Å². The zero-order valence-corrected chi connectivity index (χ0v) is 17.4. The van der Waals surface area contributed by atoms with Gasteiger partial charge in [-0.2, -0.15) is 5.26 Å². The Morgan fingerprint density at radius 3 is 2.66 bits per heavy atom. The fraction of sp³-hybridized carbons (Fsp3) is 0.261. The van der Waals surface area contributed by atoms with E-state index in [-0.39, 0.29) is 23.6 Å². The molecule has 1 aromatic heterocycles. The standard InChI is InChI=1S/C23H21F2N5O2/c1-29-11-8-27-22(29)23(31)28-19-12-15(14-26)2-4-20(19)30-9-6-17(7-10-30)32-21-5-3-16(24)13-18(21)25/h2-5,8,11-13,17H,6-7,9-10H2,1H3,(H,28,31). The molecule has 1 fully saturated rings. The van der Waals surface area contributed by atoms with Crippen LogP contribution in [-0.2, 0) is 7.05 Å². The van der Waals surface area contributed by atoms with Gasteiger partial charge < -0.3 is 19.5 Å². The second kappa shape index (κ2) is 9.06. The molecule has 2 heterocycles. The number of imidazole rings is 1. The van der Waals surface area contributed by atoms with Crippen molar-refractivity contribution in [1.29, 1.82) is 5.26 Å². The quantitative estimate of drug-likeness (QED) is 0.655. The van der Waals surface area contributed by atoms with Crippen molar-refractivity contribution in [1.82, 2.24) is 9.55 Å². The summed E-state index contributed by atoms with van der Waals surface area (Å²) in [6, 6.07) is 10.5. The molecule has 4 rings (SSSR count). The molecule has 2 aromatic carbocycles. The second-order valence-electron chi connectivity index (χ2n) is 7.54. The number of nitrogens with zero attached hydrogens (tertiary/aromatic N) is 4. The number of hydrogen-bond acceptors (Lipinski definition) is 5. The number of aryl methyl sites for hydroxylation is 1. The molecule has 164 valence electrons. The predicted molar refractivity (Wildman–Crippen MR) is 115 cm³/mol. The number of benzene rings is 2. The van der Waals surface area contributed by atoms with Crippen molar-refractivity contribution in [2.45, 2.75) is 18.9 Å².